The first kappa shape index (κ1) is 26.9. The third-order valence-electron chi connectivity index (χ3n) is 6.45. The van der Waals surface area contributed by atoms with Crippen molar-refractivity contribution in [2.45, 2.75) is 32.0 Å². The number of benzene rings is 2. The Morgan fingerprint density at radius 2 is 1.77 bits per heavy atom. The van der Waals surface area contributed by atoms with Crippen LogP contribution >= 0.6 is 0 Å². The van der Waals surface area contributed by atoms with Crippen LogP contribution in [-0.4, -0.2) is 37.4 Å². The lowest BCUT2D eigenvalue weighted by Crippen LogP contribution is -2.39. The Balaban J connectivity index is 1.56. The second-order valence-corrected chi connectivity index (χ2v) is 9.16. The molecule has 8 nitrogen and oxygen atoms in total. The van der Waals surface area contributed by atoms with Crippen LogP contribution in [0.3, 0.4) is 0 Å². The van der Waals surface area contributed by atoms with E-state index in [0.29, 0.717) is 12.1 Å². The van der Waals surface area contributed by atoms with E-state index in [4.69, 9.17) is 9.26 Å². The molecule has 2 aliphatic heterocycles. The van der Waals surface area contributed by atoms with Crippen LogP contribution in [0.15, 0.2) is 71.5 Å². The van der Waals surface area contributed by atoms with Gasteiger partial charge in [-0.3, -0.25) is 0 Å². The van der Waals surface area contributed by atoms with Gasteiger partial charge in [-0.25, -0.2) is 19.2 Å². The van der Waals surface area contributed by atoms with Crippen LogP contribution in [0.5, 0.6) is 5.75 Å². The summed E-state index contributed by atoms with van der Waals surface area (Å²) in [5.41, 5.74) is -2.59. The Kier molecular flexibility index (Phi) is 6.78. The molecule has 0 aliphatic carbocycles. The minimum Gasteiger partial charge on any atom is -0.494 e. The smallest absolute Gasteiger partial charge is 0.417 e. The zero-order valence-electron chi connectivity index (χ0n) is 21.2. The minimum absolute atomic E-state index is 0.0476. The van der Waals surface area contributed by atoms with Crippen molar-refractivity contribution in [3.8, 4) is 39.8 Å². The lowest BCUT2D eigenvalue weighted by molar-refractivity contribution is -0.145. The highest BCUT2D eigenvalue weighted by Crippen LogP contribution is 2.40. The van der Waals surface area contributed by atoms with E-state index < -0.39 is 29.1 Å². The van der Waals surface area contributed by atoms with E-state index in [1.807, 2.05) is 6.92 Å². The van der Waals surface area contributed by atoms with E-state index in [-0.39, 0.29) is 46.5 Å². The molecule has 3 aromatic rings. The summed E-state index contributed by atoms with van der Waals surface area (Å²) in [4.78, 5) is 21.2. The molecular weight excluding hydrogens is 532 g/mol. The van der Waals surface area contributed by atoms with Crippen molar-refractivity contribution in [3.05, 3.63) is 84.1 Å². The average molecular weight is 555 g/mol. The maximum Gasteiger partial charge on any atom is 0.417 e. The number of ether oxygens (including phenoxy) is 1. The van der Waals surface area contributed by atoms with Crippen LogP contribution in [0, 0.1) is 5.82 Å². The lowest BCUT2D eigenvalue weighted by atomic mass is 9.96. The number of hydrogen-bond donors (Lipinski definition) is 1. The van der Waals surface area contributed by atoms with Gasteiger partial charge in [0.25, 0.3) is 0 Å². The van der Waals surface area contributed by atoms with Gasteiger partial charge in [0.2, 0.25) is 0 Å². The SMILES string of the molecule is CCCOc1ccc(-c2cc(C(C)(C(=O)O)n3ccc4nc(-c5ccccc5F)nc-4c3)on2)c(C(F)(F)F)c1. The van der Waals surface area contributed by atoms with Gasteiger partial charge >= 0.3 is 12.1 Å². The van der Waals surface area contributed by atoms with Crippen LogP contribution in [0.1, 0.15) is 31.6 Å². The molecule has 0 fully saturated rings. The van der Waals surface area contributed by atoms with Gasteiger partial charge in [-0.1, -0.05) is 24.2 Å². The second kappa shape index (κ2) is 10.1. The maximum atomic E-state index is 14.3. The summed E-state index contributed by atoms with van der Waals surface area (Å²) in [6.07, 6.45) is -1.31. The predicted octanol–water partition coefficient (Wildman–Crippen LogP) is 6.50. The van der Waals surface area contributed by atoms with Crippen LogP contribution in [-0.2, 0) is 16.5 Å². The Hall–Kier alpha value is -4.74. The average Bonchev–Trinajstić information content (AvgIpc) is 3.58. The number of rotatable bonds is 8. The van der Waals surface area contributed by atoms with E-state index in [0.717, 1.165) is 12.1 Å². The number of fused-ring (bicyclic) bond motifs is 1. The molecule has 1 aromatic heterocycles. The number of pyridine rings is 1. The number of alkyl halides is 3. The fourth-order valence-electron chi connectivity index (χ4n) is 4.22. The number of imidazole rings is 1. The van der Waals surface area contributed by atoms with Gasteiger partial charge in [0.1, 0.15) is 23.0 Å². The van der Waals surface area contributed by atoms with Crippen molar-refractivity contribution < 1.29 is 36.7 Å². The summed E-state index contributed by atoms with van der Waals surface area (Å²) in [5, 5.41) is 14.0. The Labute approximate surface area is 225 Å². The molecule has 206 valence electrons. The number of hydrogen-bond acceptors (Lipinski definition) is 6. The van der Waals surface area contributed by atoms with E-state index in [2.05, 4.69) is 15.1 Å². The van der Waals surface area contributed by atoms with Crippen LogP contribution in [0.2, 0.25) is 0 Å². The normalized spacial score (nSPS) is 13.3. The molecular formula is C28H22F4N4O4. The van der Waals surface area contributed by atoms with Crippen LogP contribution in [0.4, 0.5) is 17.6 Å². The summed E-state index contributed by atoms with van der Waals surface area (Å²) in [7, 11) is 0. The van der Waals surface area contributed by atoms with Crippen LogP contribution < -0.4 is 4.74 Å². The van der Waals surface area contributed by atoms with Gasteiger partial charge in [-0.15, -0.1) is 0 Å². The molecule has 2 aliphatic rings. The first-order valence-electron chi connectivity index (χ1n) is 12.2. The number of aromatic nitrogens is 4. The first-order valence-corrected chi connectivity index (χ1v) is 12.2. The standard InChI is InChI=1S/C28H22F4N4O4/c1-3-12-39-16-8-9-17(19(13-16)28(30,31)32)22-14-24(40-35-22)27(2,26(37)38)36-11-10-21-23(15-36)34-25(33-21)18-6-4-5-7-20(18)29/h4-11,13-15H,3,12H2,1-2H3,(H,37,38). The zero-order valence-corrected chi connectivity index (χ0v) is 21.2. The van der Waals surface area contributed by atoms with Gasteiger partial charge in [0.05, 0.1) is 23.4 Å². The molecule has 5 rings (SSSR count). The quantitative estimate of drug-likeness (QED) is 0.218. The first-order chi connectivity index (χ1) is 19.0. The van der Waals surface area contributed by atoms with Gasteiger partial charge < -0.3 is 18.9 Å². The molecule has 0 bridgehead atoms. The highest BCUT2D eigenvalue weighted by molar-refractivity contribution is 5.81. The zero-order chi connectivity index (χ0) is 28.7. The van der Waals surface area contributed by atoms with Crippen molar-refractivity contribution in [3.63, 3.8) is 0 Å². The highest BCUT2D eigenvalue weighted by atomic mass is 19.4. The summed E-state index contributed by atoms with van der Waals surface area (Å²) in [5.74, 6) is -1.94. The molecule has 0 saturated carbocycles. The molecule has 1 N–H and O–H groups in total. The number of aliphatic carboxylic acids is 1. The van der Waals surface area contributed by atoms with Crippen molar-refractivity contribution >= 4 is 5.97 Å². The molecule has 0 saturated heterocycles. The molecule has 0 amide bonds. The number of nitrogens with zero attached hydrogens (tertiary/aromatic N) is 4. The largest absolute Gasteiger partial charge is 0.494 e. The monoisotopic (exact) mass is 554 g/mol. The van der Waals surface area contributed by atoms with Gasteiger partial charge in [0.15, 0.2) is 17.1 Å². The molecule has 0 spiro atoms. The van der Waals surface area contributed by atoms with Gasteiger partial charge in [-0.2, -0.15) is 13.2 Å². The lowest BCUT2D eigenvalue weighted by Gasteiger charge is -2.25. The number of halogens is 4. The molecule has 40 heavy (non-hydrogen) atoms. The fraction of sp³-hybridized carbons (Fsp3) is 0.214. The maximum absolute atomic E-state index is 14.3. The molecule has 1 atom stereocenters. The topological polar surface area (TPSA) is 103 Å². The van der Waals surface area contributed by atoms with E-state index in [1.54, 1.807) is 6.07 Å². The van der Waals surface area contributed by atoms with E-state index in [9.17, 15) is 27.5 Å². The summed E-state index contributed by atoms with van der Waals surface area (Å²) < 4.78 is 68.0. The number of carbonyl (C=O) groups is 1. The molecule has 3 heterocycles. The Bertz CT molecular complexity index is 1660. The Morgan fingerprint density at radius 1 is 1.02 bits per heavy atom. The molecule has 12 heteroatoms. The van der Waals surface area contributed by atoms with E-state index >= 15 is 0 Å². The minimum atomic E-state index is -4.73. The third kappa shape index (κ3) is 4.76. The summed E-state index contributed by atoms with van der Waals surface area (Å²) in [6, 6.07) is 12.1. The summed E-state index contributed by atoms with van der Waals surface area (Å²) >= 11 is 0. The second-order valence-electron chi connectivity index (χ2n) is 9.16. The predicted molar refractivity (Wildman–Crippen MR) is 135 cm³/mol. The van der Waals surface area contributed by atoms with Gasteiger partial charge in [0, 0.05) is 24.0 Å². The molecule has 2 aromatic carbocycles. The highest BCUT2D eigenvalue weighted by Gasteiger charge is 2.42. The summed E-state index contributed by atoms with van der Waals surface area (Å²) in [6.45, 7) is 3.39. The van der Waals surface area contributed by atoms with E-state index in [1.165, 1.54) is 60.3 Å². The number of carboxylic acids is 1. The third-order valence-corrected chi connectivity index (χ3v) is 6.45. The molecule has 1 unspecified atom stereocenters. The van der Waals surface area contributed by atoms with Crippen molar-refractivity contribution in [2.75, 3.05) is 6.61 Å². The fourth-order valence-corrected chi connectivity index (χ4v) is 4.22. The molecule has 0 radical (unpaired) electrons. The van der Waals surface area contributed by atoms with Crippen molar-refractivity contribution in [1.82, 2.24) is 19.7 Å². The van der Waals surface area contributed by atoms with Crippen molar-refractivity contribution in [2.24, 2.45) is 0 Å². The Morgan fingerprint density at radius 3 is 2.48 bits per heavy atom. The van der Waals surface area contributed by atoms with Crippen LogP contribution in [0.25, 0.3) is 34.0 Å². The van der Waals surface area contributed by atoms with Crippen molar-refractivity contribution in [1.29, 1.82) is 0 Å². The van der Waals surface area contributed by atoms with Gasteiger partial charge in [-0.05, 0) is 49.7 Å². The number of carboxylic acid groups (broad SMARTS) is 1.